The van der Waals surface area contributed by atoms with E-state index in [9.17, 15) is 4.79 Å². The maximum Gasteiger partial charge on any atom is 0.236 e. The Morgan fingerprint density at radius 3 is 2.87 bits per heavy atom. The number of hydrogen-bond acceptors (Lipinski definition) is 4. The largest absolute Gasteiger partial charge is 0.493 e. The highest BCUT2D eigenvalue weighted by Crippen LogP contribution is 2.33. The smallest absolute Gasteiger partial charge is 0.236 e. The van der Waals surface area contributed by atoms with Gasteiger partial charge in [-0.15, -0.1) is 12.4 Å². The quantitative estimate of drug-likeness (QED) is 0.885. The van der Waals surface area contributed by atoms with Gasteiger partial charge in [0.2, 0.25) is 5.91 Å². The van der Waals surface area contributed by atoms with Crippen molar-refractivity contribution < 1.29 is 9.53 Å². The van der Waals surface area contributed by atoms with Gasteiger partial charge in [0.05, 0.1) is 13.2 Å². The number of benzene rings is 1. The predicted molar refractivity (Wildman–Crippen MR) is 93.7 cm³/mol. The summed E-state index contributed by atoms with van der Waals surface area (Å²) in [6.07, 6.45) is 0.909. The van der Waals surface area contributed by atoms with Crippen molar-refractivity contribution in [3.63, 3.8) is 0 Å². The van der Waals surface area contributed by atoms with Crippen molar-refractivity contribution in [2.45, 2.75) is 13.0 Å². The monoisotopic (exact) mass is 359 g/mol. The van der Waals surface area contributed by atoms with E-state index < -0.39 is 0 Å². The zero-order chi connectivity index (χ0) is 15.5. The molecule has 128 valence electrons. The number of amides is 1. The highest BCUT2D eigenvalue weighted by Gasteiger charge is 2.21. The third-order valence-corrected chi connectivity index (χ3v) is 4.36. The SMILES string of the molecule is CN(CC(=O)N1CCNCC1)Cc1cc(Cl)cc2c1OCC2.Cl. The van der Waals surface area contributed by atoms with E-state index >= 15 is 0 Å². The molecule has 0 aromatic heterocycles. The third-order valence-electron chi connectivity index (χ3n) is 4.14. The lowest BCUT2D eigenvalue weighted by molar-refractivity contribution is -0.132. The third kappa shape index (κ3) is 4.51. The summed E-state index contributed by atoms with van der Waals surface area (Å²) in [5.74, 6) is 1.13. The molecule has 1 N–H and O–H groups in total. The molecular weight excluding hydrogens is 337 g/mol. The van der Waals surface area contributed by atoms with Crippen LogP contribution in [0.2, 0.25) is 5.02 Å². The fourth-order valence-electron chi connectivity index (χ4n) is 3.06. The lowest BCUT2D eigenvalue weighted by Crippen LogP contribution is -2.49. The zero-order valence-electron chi connectivity index (χ0n) is 13.3. The summed E-state index contributed by atoms with van der Waals surface area (Å²) in [5, 5.41) is 4.00. The van der Waals surface area contributed by atoms with Gasteiger partial charge in [0, 0.05) is 49.7 Å². The maximum atomic E-state index is 12.3. The van der Waals surface area contributed by atoms with Gasteiger partial charge in [0.25, 0.3) is 0 Å². The van der Waals surface area contributed by atoms with E-state index in [0.29, 0.717) is 19.7 Å². The molecule has 2 aliphatic rings. The number of carbonyl (C=O) groups is 1. The molecule has 0 spiro atoms. The van der Waals surface area contributed by atoms with Gasteiger partial charge in [-0.1, -0.05) is 11.6 Å². The first-order valence-electron chi connectivity index (χ1n) is 7.74. The molecule has 23 heavy (non-hydrogen) atoms. The Labute approximate surface area is 148 Å². The second-order valence-electron chi connectivity index (χ2n) is 5.95. The van der Waals surface area contributed by atoms with E-state index in [1.54, 1.807) is 0 Å². The molecule has 0 atom stereocenters. The van der Waals surface area contributed by atoms with Crippen LogP contribution < -0.4 is 10.1 Å². The van der Waals surface area contributed by atoms with Crippen LogP contribution in [-0.4, -0.2) is 62.1 Å². The number of piperazine rings is 1. The van der Waals surface area contributed by atoms with Crippen LogP contribution in [0.1, 0.15) is 11.1 Å². The fraction of sp³-hybridized carbons (Fsp3) is 0.562. The number of rotatable bonds is 4. The van der Waals surface area contributed by atoms with Crippen molar-refractivity contribution in [1.29, 1.82) is 0 Å². The predicted octanol–water partition coefficient (Wildman–Crippen LogP) is 1.56. The van der Waals surface area contributed by atoms with Crippen LogP contribution in [0.15, 0.2) is 12.1 Å². The Hall–Kier alpha value is -1.01. The first-order valence-corrected chi connectivity index (χ1v) is 8.12. The number of nitrogens with one attached hydrogen (secondary N) is 1. The summed E-state index contributed by atoms with van der Waals surface area (Å²) >= 11 is 6.18. The molecule has 7 heteroatoms. The lowest BCUT2D eigenvalue weighted by Gasteiger charge is -2.29. The molecule has 2 aliphatic heterocycles. The van der Waals surface area contributed by atoms with E-state index in [-0.39, 0.29) is 18.3 Å². The van der Waals surface area contributed by atoms with Gasteiger partial charge in [0.15, 0.2) is 0 Å². The number of fused-ring (bicyclic) bond motifs is 1. The summed E-state index contributed by atoms with van der Waals surface area (Å²) in [4.78, 5) is 16.2. The molecule has 3 rings (SSSR count). The van der Waals surface area contributed by atoms with Crippen LogP contribution >= 0.6 is 24.0 Å². The number of hydrogen-bond donors (Lipinski definition) is 1. The second-order valence-corrected chi connectivity index (χ2v) is 6.39. The first-order chi connectivity index (χ1) is 10.6. The summed E-state index contributed by atoms with van der Waals surface area (Å²) in [5.41, 5.74) is 2.24. The van der Waals surface area contributed by atoms with E-state index in [4.69, 9.17) is 16.3 Å². The van der Waals surface area contributed by atoms with Crippen LogP contribution in [0.5, 0.6) is 5.75 Å². The Bertz CT molecular complexity index is 563. The minimum atomic E-state index is 0. The lowest BCUT2D eigenvalue weighted by atomic mass is 10.1. The molecule has 1 aromatic carbocycles. The molecular formula is C16H23Cl2N3O2. The van der Waals surface area contributed by atoms with Gasteiger partial charge in [-0.3, -0.25) is 9.69 Å². The molecule has 2 heterocycles. The van der Waals surface area contributed by atoms with Gasteiger partial charge in [-0.2, -0.15) is 0 Å². The molecule has 1 saturated heterocycles. The minimum Gasteiger partial charge on any atom is -0.493 e. The molecule has 0 aliphatic carbocycles. The minimum absolute atomic E-state index is 0. The van der Waals surface area contributed by atoms with Crippen LogP contribution in [-0.2, 0) is 17.8 Å². The summed E-state index contributed by atoms with van der Waals surface area (Å²) in [6, 6.07) is 3.91. The molecule has 5 nitrogen and oxygen atoms in total. The summed E-state index contributed by atoms with van der Waals surface area (Å²) in [7, 11) is 1.96. The van der Waals surface area contributed by atoms with Gasteiger partial charge >= 0.3 is 0 Å². The van der Waals surface area contributed by atoms with E-state index in [2.05, 4.69) is 5.32 Å². The average Bonchev–Trinajstić information content (AvgIpc) is 2.96. The van der Waals surface area contributed by atoms with Crippen LogP contribution in [0.3, 0.4) is 0 Å². The number of ether oxygens (including phenoxy) is 1. The van der Waals surface area contributed by atoms with E-state index in [1.165, 1.54) is 5.56 Å². The van der Waals surface area contributed by atoms with Crippen molar-refractivity contribution in [1.82, 2.24) is 15.1 Å². The van der Waals surface area contributed by atoms with Crippen molar-refractivity contribution in [3.8, 4) is 5.75 Å². The second kappa shape index (κ2) is 8.20. The van der Waals surface area contributed by atoms with Gasteiger partial charge < -0.3 is 15.0 Å². The molecule has 1 fully saturated rings. The maximum absolute atomic E-state index is 12.3. The van der Waals surface area contributed by atoms with Gasteiger partial charge in [0.1, 0.15) is 5.75 Å². The number of carbonyl (C=O) groups excluding carboxylic acids is 1. The Kier molecular flexibility index (Phi) is 6.53. The van der Waals surface area contributed by atoms with Crippen LogP contribution in [0, 0.1) is 0 Å². The Morgan fingerprint density at radius 2 is 2.13 bits per heavy atom. The zero-order valence-corrected chi connectivity index (χ0v) is 14.9. The Balaban J connectivity index is 0.00000192. The highest BCUT2D eigenvalue weighted by atomic mass is 35.5. The Morgan fingerprint density at radius 1 is 1.39 bits per heavy atom. The van der Waals surface area contributed by atoms with Gasteiger partial charge in [-0.25, -0.2) is 0 Å². The first kappa shape index (κ1) is 18.3. The molecule has 1 aromatic rings. The molecule has 0 unspecified atom stereocenters. The van der Waals surface area contributed by atoms with Crippen LogP contribution in [0.4, 0.5) is 0 Å². The molecule has 0 saturated carbocycles. The normalized spacial score (nSPS) is 16.7. The molecule has 0 bridgehead atoms. The molecule has 0 radical (unpaired) electrons. The number of likely N-dealkylation sites (N-methyl/N-ethyl adjacent to an activating group) is 1. The van der Waals surface area contributed by atoms with Crippen molar-refractivity contribution in [3.05, 3.63) is 28.3 Å². The number of nitrogens with zero attached hydrogens (tertiary/aromatic N) is 2. The summed E-state index contributed by atoms with van der Waals surface area (Å²) < 4.78 is 5.72. The topological polar surface area (TPSA) is 44.8 Å². The van der Waals surface area contributed by atoms with Crippen molar-refractivity contribution in [2.75, 3.05) is 46.4 Å². The standard InChI is InChI=1S/C16H22ClN3O2.ClH/c1-19(11-15(21)20-5-3-18-4-6-20)10-13-9-14(17)8-12-2-7-22-16(12)13;/h8-9,18H,2-7,10-11H2,1H3;1H. The molecule has 1 amide bonds. The van der Waals surface area contributed by atoms with E-state index in [1.807, 2.05) is 29.0 Å². The van der Waals surface area contributed by atoms with Crippen molar-refractivity contribution in [2.24, 2.45) is 0 Å². The average molecular weight is 360 g/mol. The van der Waals surface area contributed by atoms with Crippen LogP contribution in [0.25, 0.3) is 0 Å². The summed E-state index contributed by atoms with van der Waals surface area (Å²) in [6.45, 7) is 5.15. The van der Waals surface area contributed by atoms with Crippen molar-refractivity contribution >= 4 is 29.9 Å². The fourth-order valence-corrected chi connectivity index (χ4v) is 3.32. The van der Waals surface area contributed by atoms with Gasteiger partial charge in [-0.05, 0) is 24.7 Å². The number of halogens is 2. The van der Waals surface area contributed by atoms with E-state index in [0.717, 1.165) is 48.9 Å². The highest BCUT2D eigenvalue weighted by molar-refractivity contribution is 6.30.